The van der Waals surface area contributed by atoms with Crippen LogP contribution in [0.3, 0.4) is 0 Å². The van der Waals surface area contributed by atoms with Crippen molar-refractivity contribution >= 4 is 11.6 Å². The van der Waals surface area contributed by atoms with Gasteiger partial charge < -0.3 is 10.6 Å². The van der Waals surface area contributed by atoms with E-state index in [4.69, 9.17) is 0 Å². The van der Waals surface area contributed by atoms with E-state index in [1.165, 1.54) is 5.56 Å². The summed E-state index contributed by atoms with van der Waals surface area (Å²) in [6.07, 6.45) is 0.513. The van der Waals surface area contributed by atoms with Gasteiger partial charge in [0, 0.05) is 18.7 Å². The first-order valence-electron chi connectivity index (χ1n) is 6.98. The second-order valence-electron chi connectivity index (χ2n) is 5.67. The first-order valence-corrected chi connectivity index (χ1v) is 6.98. The summed E-state index contributed by atoms with van der Waals surface area (Å²) < 4.78 is 0. The van der Waals surface area contributed by atoms with Gasteiger partial charge in [-0.2, -0.15) is 0 Å². The minimum Gasteiger partial charge on any atom is -0.326 e. The Balaban J connectivity index is 2.49. The second-order valence-corrected chi connectivity index (χ2v) is 5.67. The highest BCUT2D eigenvalue weighted by atomic mass is 16.1. The molecule has 0 bridgehead atoms. The van der Waals surface area contributed by atoms with Crippen LogP contribution >= 0.6 is 0 Å². The van der Waals surface area contributed by atoms with Crippen molar-refractivity contribution in [3.8, 4) is 0 Å². The predicted molar refractivity (Wildman–Crippen MR) is 81.6 cm³/mol. The minimum absolute atomic E-state index is 0.0753. The maximum Gasteiger partial charge on any atom is 0.225 e. The number of hydrogen-bond donors (Lipinski definition) is 2. The zero-order valence-electron chi connectivity index (χ0n) is 12.8. The Morgan fingerprint density at radius 3 is 2.26 bits per heavy atom. The van der Waals surface area contributed by atoms with E-state index in [1.54, 1.807) is 0 Å². The normalized spacial score (nSPS) is 10.8. The number of nitrogens with one attached hydrogen (secondary N) is 2. The lowest BCUT2D eigenvalue weighted by Gasteiger charge is -2.13. The molecule has 19 heavy (non-hydrogen) atoms. The van der Waals surface area contributed by atoms with E-state index in [1.807, 2.05) is 13.8 Å². The van der Waals surface area contributed by atoms with Crippen LogP contribution in [0.1, 0.15) is 37.0 Å². The van der Waals surface area contributed by atoms with Gasteiger partial charge in [0.2, 0.25) is 5.91 Å². The van der Waals surface area contributed by atoms with Crippen molar-refractivity contribution in [2.24, 2.45) is 5.92 Å². The molecular formula is C16H26N2O. The Kier molecular flexibility index (Phi) is 6.03. The van der Waals surface area contributed by atoms with E-state index in [0.717, 1.165) is 29.9 Å². The molecule has 1 rings (SSSR count). The summed E-state index contributed by atoms with van der Waals surface area (Å²) in [5.41, 5.74) is 4.44. The van der Waals surface area contributed by atoms with Gasteiger partial charge in [-0.25, -0.2) is 0 Å². The van der Waals surface area contributed by atoms with E-state index in [0.29, 0.717) is 12.3 Å². The van der Waals surface area contributed by atoms with Crippen molar-refractivity contribution in [2.75, 3.05) is 18.4 Å². The first kappa shape index (κ1) is 15.7. The van der Waals surface area contributed by atoms with Crippen LogP contribution in [-0.2, 0) is 4.79 Å². The van der Waals surface area contributed by atoms with Crippen LogP contribution < -0.4 is 10.6 Å². The number of carbonyl (C=O) groups excluding carboxylic acids is 1. The largest absolute Gasteiger partial charge is 0.326 e. The molecule has 0 radical (unpaired) electrons. The summed E-state index contributed by atoms with van der Waals surface area (Å²) in [5.74, 6) is 0.691. The Hall–Kier alpha value is -1.35. The van der Waals surface area contributed by atoms with Crippen LogP contribution in [0.2, 0.25) is 0 Å². The minimum atomic E-state index is 0.0753. The topological polar surface area (TPSA) is 41.1 Å². The van der Waals surface area contributed by atoms with Crippen LogP contribution in [0.15, 0.2) is 12.1 Å². The number of carbonyl (C=O) groups is 1. The lowest BCUT2D eigenvalue weighted by atomic mass is 10.1. The van der Waals surface area contributed by atoms with Crippen molar-refractivity contribution in [3.63, 3.8) is 0 Å². The standard InChI is InChI=1S/C16H26N2O/c1-11(2)10-17-7-6-15(19)18-16-13(4)8-12(3)9-14(16)5/h8-9,11,17H,6-7,10H2,1-5H3,(H,18,19). The quantitative estimate of drug-likeness (QED) is 0.773. The number of anilines is 1. The molecule has 0 heterocycles. The molecule has 3 nitrogen and oxygen atoms in total. The van der Waals surface area contributed by atoms with Crippen LogP contribution in [-0.4, -0.2) is 19.0 Å². The average molecular weight is 262 g/mol. The number of aryl methyl sites for hydroxylation is 3. The highest BCUT2D eigenvalue weighted by Gasteiger charge is 2.08. The molecule has 0 fully saturated rings. The SMILES string of the molecule is Cc1cc(C)c(NC(=O)CCNCC(C)C)c(C)c1. The van der Waals surface area contributed by atoms with Gasteiger partial charge in [0.1, 0.15) is 0 Å². The van der Waals surface area contributed by atoms with Gasteiger partial charge in [-0.1, -0.05) is 31.5 Å². The van der Waals surface area contributed by atoms with E-state index < -0.39 is 0 Å². The molecule has 0 aliphatic rings. The molecule has 0 saturated heterocycles. The third kappa shape index (κ3) is 5.43. The average Bonchev–Trinajstić information content (AvgIpc) is 2.29. The van der Waals surface area contributed by atoms with Crippen LogP contribution in [0.25, 0.3) is 0 Å². The monoisotopic (exact) mass is 262 g/mol. The summed E-state index contributed by atoms with van der Waals surface area (Å²) in [7, 11) is 0. The first-order chi connectivity index (χ1) is 8.90. The van der Waals surface area contributed by atoms with Crippen LogP contribution in [0.4, 0.5) is 5.69 Å². The summed E-state index contributed by atoms with van der Waals surface area (Å²) in [6, 6.07) is 4.19. The zero-order valence-corrected chi connectivity index (χ0v) is 12.8. The van der Waals surface area contributed by atoms with E-state index in [-0.39, 0.29) is 5.91 Å². The Bertz CT molecular complexity index is 415. The van der Waals surface area contributed by atoms with Crippen molar-refractivity contribution < 1.29 is 4.79 Å². The summed E-state index contributed by atoms with van der Waals surface area (Å²) in [4.78, 5) is 11.9. The predicted octanol–water partition coefficient (Wildman–Crippen LogP) is 3.19. The Morgan fingerprint density at radius 2 is 1.74 bits per heavy atom. The highest BCUT2D eigenvalue weighted by molar-refractivity contribution is 5.92. The van der Waals surface area contributed by atoms with Crippen LogP contribution in [0, 0.1) is 26.7 Å². The molecule has 0 saturated carbocycles. The number of amides is 1. The number of rotatable bonds is 6. The fraction of sp³-hybridized carbons (Fsp3) is 0.562. The molecular weight excluding hydrogens is 236 g/mol. The fourth-order valence-electron chi connectivity index (χ4n) is 2.17. The molecule has 0 aliphatic carbocycles. The van der Waals surface area contributed by atoms with Gasteiger partial charge in [-0.15, -0.1) is 0 Å². The molecule has 3 heteroatoms. The summed E-state index contributed by atoms with van der Waals surface area (Å²) >= 11 is 0. The summed E-state index contributed by atoms with van der Waals surface area (Å²) in [5, 5.41) is 6.29. The van der Waals surface area contributed by atoms with E-state index in [9.17, 15) is 4.79 Å². The van der Waals surface area contributed by atoms with Gasteiger partial charge in [0.15, 0.2) is 0 Å². The molecule has 1 aromatic rings. The van der Waals surface area contributed by atoms with Gasteiger partial charge in [0.05, 0.1) is 0 Å². The molecule has 0 unspecified atom stereocenters. The van der Waals surface area contributed by atoms with Gasteiger partial charge in [-0.3, -0.25) is 4.79 Å². The van der Waals surface area contributed by atoms with Crippen molar-refractivity contribution in [3.05, 3.63) is 28.8 Å². The highest BCUT2D eigenvalue weighted by Crippen LogP contribution is 2.21. The molecule has 0 atom stereocenters. The molecule has 106 valence electrons. The maximum atomic E-state index is 11.9. The fourth-order valence-corrected chi connectivity index (χ4v) is 2.17. The lowest BCUT2D eigenvalue weighted by molar-refractivity contribution is -0.116. The third-order valence-corrected chi connectivity index (χ3v) is 3.02. The van der Waals surface area contributed by atoms with Gasteiger partial charge >= 0.3 is 0 Å². The van der Waals surface area contributed by atoms with Gasteiger partial charge in [0.25, 0.3) is 0 Å². The van der Waals surface area contributed by atoms with Crippen molar-refractivity contribution in [1.82, 2.24) is 5.32 Å². The summed E-state index contributed by atoms with van der Waals surface area (Å²) in [6.45, 7) is 12.1. The number of hydrogen-bond acceptors (Lipinski definition) is 2. The van der Waals surface area contributed by atoms with Crippen molar-refractivity contribution in [2.45, 2.75) is 41.0 Å². The second kappa shape index (κ2) is 7.29. The lowest BCUT2D eigenvalue weighted by Crippen LogP contribution is -2.25. The Morgan fingerprint density at radius 1 is 1.16 bits per heavy atom. The molecule has 1 amide bonds. The maximum absolute atomic E-state index is 11.9. The number of benzene rings is 1. The molecule has 0 aromatic heterocycles. The molecule has 2 N–H and O–H groups in total. The van der Waals surface area contributed by atoms with Gasteiger partial charge in [-0.05, 0) is 44.4 Å². The smallest absolute Gasteiger partial charge is 0.225 e. The van der Waals surface area contributed by atoms with Crippen molar-refractivity contribution in [1.29, 1.82) is 0 Å². The zero-order chi connectivity index (χ0) is 14.4. The van der Waals surface area contributed by atoms with E-state index in [2.05, 4.69) is 43.5 Å². The molecule has 1 aromatic carbocycles. The van der Waals surface area contributed by atoms with E-state index >= 15 is 0 Å². The molecule has 0 spiro atoms. The molecule has 0 aliphatic heterocycles. The third-order valence-electron chi connectivity index (χ3n) is 3.02. The Labute approximate surface area is 116 Å². The van der Waals surface area contributed by atoms with Crippen LogP contribution in [0.5, 0.6) is 0 Å².